The molecule has 0 aliphatic rings. The Hall–Kier alpha value is -1.51. The van der Waals surface area contributed by atoms with Crippen molar-refractivity contribution in [1.82, 2.24) is 0 Å². The average molecular weight is 281 g/mol. The van der Waals surface area contributed by atoms with E-state index in [9.17, 15) is 4.79 Å². The van der Waals surface area contributed by atoms with Crippen molar-refractivity contribution in [2.45, 2.75) is 0 Å². The number of halogens is 2. The average Bonchev–Trinajstić information content (AvgIpc) is 2.37. The van der Waals surface area contributed by atoms with Crippen LogP contribution < -0.4 is 0 Å². The number of hydrogen-bond donors (Lipinski definition) is 0. The highest BCUT2D eigenvalue weighted by molar-refractivity contribution is 6.35. The zero-order chi connectivity index (χ0) is 13.1. The van der Waals surface area contributed by atoms with E-state index < -0.39 is 0 Å². The Bertz CT molecular complexity index is 574. The first kappa shape index (κ1) is 12.9. The van der Waals surface area contributed by atoms with E-state index in [0.29, 0.717) is 15.6 Å². The number of ether oxygens (including phenoxy) is 1. The van der Waals surface area contributed by atoms with Gasteiger partial charge in [-0.05, 0) is 41.5 Å². The van der Waals surface area contributed by atoms with E-state index in [2.05, 4.69) is 4.74 Å². The molecule has 0 unspecified atom stereocenters. The summed E-state index contributed by atoms with van der Waals surface area (Å²) in [5, 5.41) is 1.11. The van der Waals surface area contributed by atoms with Gasteiger partial charge in [0, 0.05) is 10.0 Å². The number of esters is 1. The quantitative estimate of drug-likeness (QED) is 0.760. The number of rotatable bonds is 2. The second-order valence-electron chi connectivity index (χ2n) is 3.73. The topological polar surface area (TPSA) is 26.3 Å². The third kappa shape index (κ3) is 2.84. The van der Waals surface area contributed by atoms with Gasteiger partial charge in [0.15, 0.2) is 0 Å². The molecule has 0 heterocycles. The summed E-state index contributed by atoms with van der Waals surface area (Å²) in [5.41, 5.74) is 2.21. The summed E-state index contributed by atoms with van der Waals surface area (Å²) in [6.07, 6.45) is 0. The summed E-state index contributed by atoms with van der Waals surface area (Å²) < 4.78 is 4.68. The highest BCUT2D eigenvalue weighted by atomic mass is 35.5. The molecule has 0 aliphatic carbocycles. The second kappa shape index (κ2) is 5.42. The maximum atomic E-state index is 11.5. The van der Waals surface area contributed by atoms with Crippen molar-refractivity contribution in [3.05, 3.63) is 58.1 Å². The van der Waals surface area contributed by atoms with Gasteiger partial charge in [-0.3, -0.25) is 0 Å². The van der Waals surface area contributed by atoms with Crippen molar-refractivity contribution in [1.29, 1.82) is 0 Å². The maximum Gasteiger partial charge on any atom is 0.337 e. The van der Waals surface area contributed by atoms with Crippen LogP contribution in [0.15, 0.2) is 42.5 Å². The van der Waals surface area contributed by atoms with Gasteiger partial charge in [-0.15, -0.1) is 0 Å². The minimum Gasteiger partial charge on any atom is -0.465 e. The summed E-state index contributed by atoms with van der Waals surface area (Å²) in [6, 6.07) is 12.4. The second-order valence-corrected chi connectivity index (χ2v) is 4.60. The van der Waals surface area contributed by atoms with Crippen LogP contribution >= 0.6 is 23.2 Å². The predicted molar refractivity (Wildman–Crippen MR) is 73.2 cm³/mol. The Morgan fingerprint density at radius 2 is 1.67 bits per heavy atom. The SMILES string of the molecule is COC(=O)c1cccc(-c2cc(Cl)cc(Cl)c2)c1. The molecule has 2 aromatic rings. The number of carbonyl (C=O) groups is 1. The van der Waals surface area contributed by atoms with Crippen LogP contribution in [0.2, 0.25) is 10.0 Å². The molecule has 2 rings (SSSR count). The van der Waals surface area contributed by atoms with Crippen LogP contribution in [0.25, 0.3) is 11.1 Å². The molecular weight excluding hydrogens is 271 g/mol. The van der Waals surface area contributed by atoms with Gasteiger partial charge in [0.2, 0.25) is 0 Å². The largest absolute Gasteiger partial charge is 0.465 e. The first-order valence-electron chi connectivity index (χ1n) is 5.25. The molecule has 0 saturated heterocycles. The zero-order valence-electron chi connectivity index (χ0n) is 9.61. The summed E-state index contributed by atoms with van der Waals surface area (Å²) in [4.78, 5) is 11.5. The van der Waals surface area contributed by atoms with E-state index in [1.165, 1.54) is 7.11 Å². The molecular formula is C14H10Cl2O2. The normalized spacial score (nSPS) is 10.2. The number of hydrogen-bond acceptors (Lipinski definition) is 2. The molecule has 18 heavy (non-hydrogen) atoms. The minimum absolute atomic E-state index is 0.370. The van der Waals surface area contributed by atoms with Crippen LogP contribution in [-0.4, -0.2) is 13.1 Å². The molecule has 92 valence electrons. The van der Waals surface area contributed by atoms with Crippen LogP contribution in [-0.2, 0) is 4.74 Å². The lowest BCUT2D eigenvalue weighted by molar-refractivity contribution is 0.0601. The molecule has 0 radical (unpaired) electrons. The third-order valence-electron chi connectivity index (χ3n) is 2.48. The first-order valence-corrected chi connectivity index (χ1v) is 6.00. The summed E-state index contributed by atoms with van der Waals surface area (Å²) in [5.74, 6) is -0.370. The highest BCUT2D eigenvalue weighted by Crippen LogP contribution is 2.27. The molecule has 4 heteroatoms. The fraction of sp³-hybridized carbons (Fsp3) is 0.0714. The Balaban J connectivity index is 2.47. The van der Waals surface area contributed by atoms with Gasteiger partial charge in [-0.25, -0.2) is 4.79 Å². The summed E-state index contributed by atoms with van der Waals surface area (Å²) >= 11 is 11.9. The molecule has 0 atom stereocenters. The van der Waals surface area contributed by atoms with Crippen LogP contribution in [0.5, 0.6) is 0 Å². The van der Waals surface area contributed by atoms with Gasteiger partial charge in [0.25, 0.3) is 0 Å². The van der Waals surface area contributed by atoms with E-state index in [1.54, 1.807) is 36.4 Å². The Morgan fingerprint density at radius 1 is 1.00 bits per heavy atom. The fourth-order valence-corrected chi connectivity index (χ4v) is 2.19. The van der Waals surface area contributed by atoms with E-state index in [-0.39, 0.29) is 5.97 Å². The van der Waals surface area contributed by atoms with E-state index in [0.717, 1.165) is 11.1 Å². The van der Waals surface area contributed by atoms with E-state index in [1.807, 2.05) is 6.07 Å². The molecule has 0 N–H and O–H groups in total. The molecule has 0 saturated carbocycles. The Morgan fingerprint density at radius 3 is 2.28 bits per heavy atom. The van der Waals surface area contributed by atoms with Crippen LogP contribution in [0.4, 0.5) is 0 Å². The lowest BCUT2D eigenvalue weighted by Crippen LogP contribution is -2.00. The molecule has 0 spiro atoms. The number of methoxy groups -OCH3 is 1. The van der Waals surface area contributed by atoms with Gasteiger partial charge in [0.1, 0.15) is 0 Å². The summed E-state index contributed by atoms with van der Waals surface area (Å²) in [7, 11) is 1.35. The molecule has 0 fully saturated rings. The van der Waals surface area contributed by atoms with E-state index in [4.69, 9.17) is 23.2 Å². The van der Waals surface area contributed by atoms with Crippen molar-refractivity contribution >= 4 is 29.2 Å². The van der Waals surface area contributed by atoms with Crippen molar-refractivity contribution in [2.24, 2.45) is 0 Å². The van der Waals surface area contributed by atoms with E-state index >= 15 is 0 Å². The lowest BCUT2D eigenvalue weighted by atomic mass is 10.0. The molecule has 2 nitrogen and oxygen atoms in total. The van der Waals surface area contributed by atoms with Gasteiger partial charge in [0.05, 0.1) is 12.7 Å². The number of benzene rings is 2. The molecule has 2 aromatic carbocycles. The van der Waals surface area contributed by atoms with Crippen molar-refractivity contribution < 1.29 is 9.53 Å². The summed E-state index contributed by atoms with van der Waals surface area (Å²) in [6.45, 7) is 0. The zero-order valence-corrected chi connectivity index (χ0v) is 11.1. The monoisotopic (exact) mass is 280 g/mol. The molecule has 0 aromatic heterocycles. The van der Waals surface area contributed by atoms with Gasteiger partial charge in [-0.2, -0.15) is 0 Å². The minimum atomic E-state index is -0.370. The maximum absolute atomic E-state index is 11.5. The number of carbonyl (C=O) groups excluding carboxylic acids is 1. The smallest absolute Gasteiger partial charge is 0.337 e. The van der Waals surface area contributed by atoms with Crippen molar-refractivity contribution in [3.63, 3.8) is 0 Å². The van der Waals surface area contributed by atoms with Gasteiger partial charge < -0.3 is 4.74 Å². The Labute approximate surface area is 115 Å². The fourth-order valence-electron chi connectivity index (χ4n) is 1.66. The lowest BCUT2D eigenvalue weighted by Gasteiger charge is -2.05. The predicted octanol–water partition coefficient (Wildman–Crippen LogP) is 4.45. The third-order valence-corrected chi connectivity index (χ3v) is 2.92. The van der Waals surface area contributed by atoms with Gasteiger partial charge >= 0.3 is 5.97 Å². The van der Waals surface area contributed by atoms with Crippen LogP contribution in [0.3, 0.4) is 0 Å². The molecule has 0 bridgehead atoms. The first-order chi connectivity index (χ1) is 8.60. The standard InChI is InChI=1S/C14H10Cl2O2/c1-18-14(17)10-4-2-3-9(5-10)11-6-12(15)8-13(16)7-11/h2-8H,1H3. The Kier molecular flexibility index (Phi) is 3.90. The van der Waals surface area contributed by atoms with Crippen LogP contribution in [0.1, 0.15) is 10.4 Å². The molecule has 0 aliphatic heterocycles. The highest BCUT2D eigenvalue weighted by Gasteiger charge is 2.07. The van der Waals surface area contributed by atoms with Gasteiger partial charge in [-0.1, -0.05) is 35.3 Å². The van der Waals surface area contributed by atoms with Crippen molar-refractivity contribution in [2.75, 3.05) is 7.11 Å². The molecule has 0 amide bonds. The van der Waals surface area contributed by atoms with Crippen LogP contribution in [0, 0.1) is 0 Å². The van der Waals surface area contributed by atoms with Crippen molar-refractivity contribution in [3.8, 4) is 11.1 Å².